The van der Waals surface area contributed by atoms with Crippen LogP contribution in [0.5, 0.6) is 5.88 Å². The third-order valence-corrected chi connectivity index (χ3v) is 4.43. The molecule has 1 aromatic heterocycles. The van der Waals surface area contributed by atoms with E-state index in [4.69, 9.17) is 0 Å². The predicted molar refractivity (Wildman–Crippen MR) is 104 cm³/mol. The number of hydrogen-bond acceptors (Lipinski definition) is 3. The Kier molecular flexibility index (Phi) is 4.68. The Morgan fingerprint density at radius 2 is 1.61 bits per heavy atom. The molecule has 0 unspecified atom stereocenters. The molecular formula is C22H16FN3O2. The van der Waals surface area contributed by atoms with E-state index in [0.29, 0.717) is 17.5 Å². The van der Waals surface area contributed by atoms with Gasteiger partial charge in [-0.15, -0.1) is 10.2 Å². The van der Waals surface area contributed by atoms with E-state index < -0.39 is 5.91 Å². The molecule has 0 aliphatic rings. The minimum atomic E-state index is -0.490. The summed E-state index contributed by atoms with van der Waals surface area (Å²) in [7, 11) is 0. The molecule has 0 bridgehead atoms. The molecule has 0 radical (unpaired) electrons. The molecule has 138 valence electrons. The fraction of sp³-hybridized carbons (Fsp3) is 0.0455. The summed E-state index contributed by atoms with van der Waals surface area (Å²) in [4.78, 5) is 12.2. The van der Waals surface area contributed by atoms with Gasteiger partial charge >= 0.3 is 0 Å². The number of amides is 1. The van der Waals surface area contributed by atoms with E-state index in [-0.39, 0.29) is 17.4 Å². The average Bonchev–Trinajstić information content (AvgIpc) is 3.00. The van der Waals surface area contributed by atoms with Crippen LogP contribution in [-0.2, 0) is 6.54 Å². The number of carbonyl (C=O) groups excluding carboxylic acids is 1. The topological polar surface area (TPSA) is 66.9 Å². The van der Waals surface area contributed by atoms with Crippen LogP contribution in [-0.4, -0.2) is 15.6 Å². The van der Waals surface area contributed by atoms with E-state index in [0.717, 1.165) is 11.1 Å². The number of hydrogen-bond donors (Lipinski definition) is 1. The van der Waals surface area contributed by atoms with E-state index in [9.17, 15) is 14.3 Å². The third kappa shape index (κ3) is 3.40. The van der Waals surface area contributed by atoms with Crippen molar-refractivity contribution < 1.29 is 14.3 Å². The summed E-state index contributed by atoms with van der Waals surface area (Å²) < 4.78 is 14.8. The zero-order valence-corrected chi connectivity index (χ0v) is 14.8. The molecule has 0 aliphatic carbocycles. The highest BCUT2D eigenvalue weighted by molar-refractivity contribution is 5.97. The van der Waals surface area contributed by atoms with Crippen LogP contribution in [0.25, 0.3) is 10.9 Å². The van der Waals surface area contributed by atoms with Gasteiger partial charge in [-0.3, -0.25) is 4.79 Å². The highest BCUT2D eigenvalue weighted by atomic mass is 19.1. The molecule has 0 saturated heterocycles. The second-order valence-corrected chi connectivity index (χ2v) is 6.27. The maximum atomic E-state index is 13.2. The van der Waals surface area contributed by atoms with E-state index >= 15 is 0 Å². The molecular weight excluding hydrogens is 357 g/mol. The zero-order chi connectivity index (χ0) is 19.5. The number of nitrogens with zero attached hydrogens (tertiary/aromatic N) is 3. The van der Waals surface area contributed by atoms with Gasteiger partial charge < -0.3 is 9.67 Å². The van der Waals surface area contributed by atoms with Crippen LogP contribution in [0, 0.1) is 5.82 Å². The smallest absolute Gasteiger partial charge is 0.295 e. The molecule has 1 heterocycles. The summed E-state index contributed by atoms with van der Waals surface area (Å²) in [6, 6.07) is 22.0. The second kappa shape index (κ2) is 7.44. The minimum Gasteiger partial charge on any atom is -0.493 e. The van der Waals surface area contributed by atoms with Gasteiger partial charge in [0.25, 0.3) is 5.91 Å². The van der Waals surface area contributed by atoms with Gasteiger partial charge in [-0.05, 0) is 35.9 Å². The lowest BCUT2D eigenvalue weighted by molar-refractivity contribution is 0.0995. The first-order chi connectivity index (χ1) is 13.6. The van der Waals surface area contributed by atoms with Crippen LogP contribution < -0.4 is 0 Å². The van der Waals surface area contributed by atoms with Gasteiger partial charge in [-0.2, -0.15) is 0 Å². The standard InChI is InChI=1S/C22H16FN3O2/c23-17-12-10-15(11-13-17)14-26-19-9-5-4-8-18(19)20(22(26)28)24-25-21(27)16-6-2-1-3-7-16/h1-13,28H,14H2. The highest BCUT2D eigenvalue weighted by Gasteiger charge is 2.17. The van der Waals surface area contributed by atoms with Gasteiger partial charge in [0.2, 0.25) is 5.88 Å². The summed E-state index contributed by atoms with van der Waals surface area (Å²) in [6.07, 6.45) is 0. The minimum absolute atomic E-state index is 0.102. The Labute approximate surface area is 160 Å². The molecule has 5 nitrogen and oxygen atoms in total. The zero-order valence-electron chi connectivity index (χ0n) is 14.8. The second-order valence-electron chi connectivity index (χ2n) is 6.27. The lowest BCUT2D eigenvalue weighted by atomic mass is 10.2. The van der Waals surface area contributed by atoms with Crippen LogP contribution in [0.3, 0.4) is 0 Å². The predicted octanol–water partition coefficient (Wildman–Crippen LogP) is 5.46. The summed E-state index contributed by atoms with van der Waals surface area (Å²) in [5, 5.41) is 19.2. The largest absolute Gasteiger partial charge is 0.493 e. The van der Waals surface area contributed by atoms with Crippen LogP contribution in [0.15, 0.2) is 89.1 Å². The van der Waals surface area contributed by atoms with Gasteiger partial charge in [-0.25, -0.2) is 4.39 Å². The van der Waals surface area contributed by atoms with Crippen molar-refractivity contribution >= 4 is 22.5 Å². The fourth-order valence-electron chi connectivity index (χ4n) is 3.04. The van der Waals surface area contributed by atoms with Crippen molar-refractivity contribution in [2.75, 3.05) is 0 Å². The quantitative estimate of drug-likeness (QED) is 0.483. The molecule has 3 aromatic carbocycles. The van der Waals surface area contributed by atoms with Crippen molar-refractivity contribution in [3.8, 4) is 5.88 Å². The van der Waals surface area contributed by atoms with Gasteiger partial charge in [0, 0.05) is 10.9 Å². The SMILES string of the molecule is O=C(N=Nc1c(O)n(Cc2ccc(F)cc2)c2ccccc12)c1ccccc1. The van der Waals surface area contributed by atoms with Gasteiger partial charge in [-0.1, -0.05) is 48.5 Å². The first-order valence-electron chi connectivity index (χ1n) is 8.69. The number of rotatable bonds is 4. The molecule has 6 heteroatoms. The summed E-state index contributed by atoms with van der Waals surface area (Å²) in [6.45, 7) is 0.328. The number of fused-ring (bicyclic) bond motifs is 1. The third-order valence-electron chi connectivity index (χ3n) is 4.43. The fourth-order valence-corrected chi connectivity index (χ4v) is 3.04. The number of carbonyl (C=O) groups is 1. The Hall–Kier alpha value is -3.80. The lowest BCUT2D eigenvalue weighted by Gasteiger charge is -2.07. The van der Waals surface area contributed by atoms with Crippen molar-refractivity contribution in [1.29, 1.82) is 0 Å². The average molecular weight is 373 g/mol. The Balaban J connectivity index is 1.73. The van der Waals surface area contributed by atoms with Crippen molar-refractivity contribution in [3.63, 3.8) is 0 Å². The lowest BCUT2D eigenvalue weighted by Crippen LogP contribution is -1.98. The highest BCUT2D eigenvalue weighted by Crippen LogP contribution is 2.39. The summed E-state index contributed by atoms with van der Waals surface area (Å²) >= 11 is 0. The van der Waals surface area contributed by atoms with Crippen LogP contribution in [0.4, 0.5) is 10.1 Å². The first-order valence-corrected chi connectivity index (χ1v) is 8.69. The van der Waals surface area contributed by atoms with Crippen LogP contribution in [0.2, 0.25) is 0 Å². The van der Waals surface area contributed by atoms with Gasteiger partial charge in [0.1, 0.15) is 5.82 Å². The molecule has 1 amide bonds. The molecule has 0 saturated carbocycles. The van der Waals surface area contributed by atoms with E-state index in [1.54, 1.807) is 47.0 Å². The van der Waals surface area contributed by atoms with Crippen molar-refractivity contribution in [2.24, 2.45) is 10.2 Å². The number of benzene rings is 3. The van der Waals surface area contributed by atoms with Gasteiger partial charge in [0.15, 0.2) is 5.69 Å². The summed E-state index contributed by atoms with van der Waals surface area (Å²) in [5.41, 5.74) is 2.20. The normalized spacial score (nSPS) is 11.3. The Morgan fingerprint density at radius 3 is 2.36 bits per heavy atom. The van der Waals surface area contributed by atoms with E-state index in [2.05, 4.69) is 10.2 Å². The molecule has 0 aliphatic heterocycles. The van der Waals surface area contributed by atoms with Crippen molar-refractivity contribution in [1.82, 2.24) is 4.57 Å². The molecule has 1 N–H and O–H groups in total. The molecule has 28 heavy (non-hydrogen) atoms. The van der Waals surface area contributed by atoms with Gasteiger partial charge in [0.05, 0.1) is 12.1 Å². The molecule has 4 rings (SSSR count). The number of aromatic nitrogens is 1. The summed E-state index contributed by atoms with van der Waals surface area (Å²) in [5.74, 6) is -0.912. The molecule has 0 atom stereocenters. The number of halogens is 1. The molecule has 0 spiro atoms. The Bertz CT molecular complexity index is 1170. The van der Waals surface area contributed by atoms with Crippen molar-refractivity contribution in [3.05, 3.63) is 95.8 Å². The van der Waals surface area contributed by atoms with Crippen LogP contribution in [0.1, 0.15) is 15.9 Å². The molecule has 4 aromatic rings. The molecule has 0 fully saturated rings. The van der Waals surface area contributed by atoms with Crippen molar-refractivity contribution in [2.45, 2.75) is 6.54 Å². The van der Waals surface area contributed by atoms with E-state index in [1.165, 1.54) is 12.1 Å². The first kappa shape index (κ1) is 17.6. The number of aromatic hydroxyl groups is 1. The monoisotopic (exact) mass is 373 g/mol. The number of para-hydroxylation sites is 1. The van der Waals surface area contributed by atoms with E-state index in [1.807, 2.05) is 24.3 Å². The Morgan fingerprint density at radius 1 is 0.929 bits per heavy atom. The number of azo groups is 1. The van der Waals surface area contributed by atoms with Crippen LogP contribution >= 0.6 is 0 Å². The maximum Gasteiger partial charge on any atom is 0.295 e. The maximum absolute atomic E-state index is 13.2.